The lowest BCUT2D eigenvalue weighted by Gasteiger charge is -2.15. The van der Waals surface area contributed by atoms with E-state index in [9.17, 15) is 19.3 Å². The molecular formula is C12H15FN2O3S. The summed E-state index contributed by atoms with van der Waals surface area (Å²) in [6, 6.07) is 2.84. The fourth-order valence-electron chi connectivity index (χ4n) is 1.53. The highest BCUT2D eigenvalue weighted by Gasteiger charge is 2.19. The van der Waals surface area contributed by atoms with E-state index < -0.39 is 16.6 Å². The molecule has 104 valence electrons. The van der Waals surface area contributed by atoms with Crippen LogP contribution >= 0.6 is 11.8 Å². The second-order valence-corrected chi connectivity index (χ2v) is 4.87. The van der Waals surface area contributed by atoms with Crippen molar-refractivity contribution >= 4 is 23.4 Å². The zero-order chi connectivity index (χ0) is 14.4. The van der Waals surface area contributed by atoms with E-state index in [2.05, 4.69) is 5.32 Å². The summed E-state index contributed by atoms with van der Waals surface area (Å²) in [6.07, 6.45) is 2.62. The number of carbonyl (C=O) groups excluding carboxylic acids is 1. The number of carbonyl (C=O) groups is 1. The average molecular weight is 286 g/mol. The van der Waals surface area contributed by atoms with Crippen LogP contribution in [0.2, 0.25) is 0 Å². The maximum Gasteiger partial charge on any atom is 0.270 e. The molecule has 0 saturated carbocycles. The van der Waals surface area contributed by atoms with Gasteiger partial charge in [-0.3, -0.25) is 14.9 Å². The van der Waals surface area contributed by atoms with Gasteiger partial charge in [-0.25, -0.2) is 4.39 Å². The summed E-state index contributed by atoms with van der Waals surface area (Å²) >= 11 is 1.57. The molecule has 1 aromatic carbocycles. The van der Waals surface area contributed by atoms with E-state index in [0.29, 0.717) is 12.2 Å². The maximum atomic E-state index is 13.5. The van der Waals surface area contributed by atoms with E-state index in [0.717, 1.165) is 18.2 Å². The molecule has 1 amide bonds. The van der Waals surface area contributed by atoms with Gasteiger partial charge in [0.25, 0.3) is 11.6 Å². The van der Waals surface area contributed by atoms with Crippen molar-refractivity contribution in [1.82, 2.24) is 5.32 Å². The number of rotatable bonds is 6. The van der Waals surface area contributed by atoms with Crippen LogP contribution in [0, 0.1) is 15.9 Å². The number of halogens is 1. The molecule has 1 N–H and O–H groups in total. The molecule has 1 rings (SSSR count). The van der Waals surface area contributed by atoms with E-state index in [4.69, 9.17) is 0 Å². The van der Waals surface area contributed by atoms with Gasteiger partial charge in [0, 0.05) is 23.9 Å². The lowest BCUT2D eigenvalue weighted by molar-refractivity contribution is -0.384. The molecule has 0 saturated heterocycles. The second-order valence-electron chi connectivity index (χ2n) is 3.96. The van der Waals surface area contributed by atoms with Crippen LogP contribution in [0.3, 0.4) is 0 Å². The van der Waals surface area contributed by atoms with Crippen LogP contribution in [-0.2, 0) is 0 Å². The van der Waals surface area contributed by atoms with Crippen molar-refractivity contribution in [2.24, 2.45) is 0 Å². The van der Waals surface area contributed by atoms with Gasteiger partial charge in [-0.1, -0.05) is 6.92 Å². The summed E-state index contributed by atoms with van der Waals surface area (Å²) in [6.45, 7) is 1.91. The largest absolute Gasteiger partial charge is 0.348 e. The van der Waals surface area contributed by atoms with Crippen molar-refractivity contribution < 1.29 is 14.1 Å². The van der Waals surface area contributed by atoms with Gasteiger partial charge in [-0.2, -0.15) is 11.8 Å². The molecule has 0 aromatic heterocycles. The Bertz CT molecular complexity index is 482. The smallest absolute Gasteiger partial charge is 0.270 e. The molecule has 0 radical (unpaired) electrons. The van der Waals surface area contributed by atoms with Crippen molar-refractivity contribution in [3.05, 3.63) is 39.7 Å². The molecule has 1 unspecified atom stereocenters. The summed E-state index contributed by atoms with van der Waals surface area (Å²) in [4.78, 5) is 21.9. The molecule has 19 heavy (non-hydrogen) atoms. The van der Waals surface area contributed by atoms with Gasteiger partial charge in [0.1, 0.15) is 5.82 Å². The number of hydrogen-bond acceptors (Lipinski definition) is 4. The Morgan fingerprint density at radius 2 is 2.26 bits per heavy atom. The fraction of sp³-hybridized carbons (Fsp3) is 0.417. The predicted molar refractivity (Wildman–Crippen MR) is 73.0 cm³/mol. The Kier molecular flexibility index (Phi) is 5.75. The lowest BCUT2D eigenvalue weighted by Crippen LogP contribution is -2.36. The van der Waals surface area contributed by atoms with E-state index in [1.807, 2.05) is 13.2 Å². The van der Waals surface area contributed by atoms with Gasteiger partial charge in [0.2, 0.25) is 0 Å². The van der Waals surface area contributed by atoms with Crippen LogP contribution in [0.25, 0.3) is 0 Å². The van der Waals surface area contributed by atoms with Crippen molar-refractivity contribution in [1.29, 1.82) is 0 Å². The van der Waals surface area contributed by atoms with Crippen molar-refractivity contribution in [3.8, 4) is 0 Å². The van der Waals surface area contributed by atoms with Gasteiger partial charge in [-0.05, 0) is 18.7 Å². The number of benzene rings is 1. The summed E-state index contributed by atoms with van der Waals surface area (Å²) in [5, 5.41) is 13.3. The molecule has 0 aliphatic carbocycles. The molecule has 5 nitrogen and oxygen atoms in total. The zero-order valence-corrected chi connectivity index (χ0v) is 11.5. The molecule has 0 aliphatic rings. The van der Waals surface area contributed by atoms with Crippen LogP contribution in [0.1, 0.15) is 23.7 Å². The SMILES string of the molecule is CCC(CSC)NC(=O)c1cc([N+](=O)[O-])ccc1F. The minimum absolute atomic E-state index is 0.0823. The van der Waals surface area contributed by atoms with Crippen molar-refractivity contribution in [3.63, 3.8) is 0 Å². The number of nitrogens with zero attached hydrogens (tertiary/aromatic N) is 1. The first kappa shape index (κ1) is 15.4. The first-order valence-corrected chi connectivity index (χ1v) is 7.12. The van der Waals surface area contributed by atoms with E-state index >= 15 is 0 Å². The van der Waals surface area contributed by atoms with Gasteiger partial charge in [0.15, 0.2) is 0 Å². The molecule has 1 atom stereocenters. The van der Waals surface area contributed by atoms with E-state index in [1.54, 1.807) is 11.8 Å². The summed E-state index contributed by atoms with van der Waals surface area (Å²) in [5.41, 5.74) is -0.599. The number of nitrogens with one attached hydrogen (secondary N) is 1. The lowest BCUT2D eigenvalue weighted by atomic mass is 10.1. The third-order valence-corrected chi connectivity index (χ3v) is 3.34. The summed E-state index contributed by atoms with van der Waals surface area (Å²) in [5.74, 6) is -0.678. The molecule has 0 heterocycles. The Hall–Kier alpha value is -1.63. The summed E-state index contributed by atoms with van der Waals surface area (Å²) in [7, 11) is 0. The number of thioether (sulfide) groups is 1. The number of nitro groups is 1. The van der Waals surface area contributed by atoms with Crippen LogP contribution < -0.4 is 5.32 Å². The first-order valence-electron chi connectivity index (χ1n) is 5.73. The minimum Gasteiger partial charge on any atom is -0.348 e. The zero-order valence-electron chi connectivity index (χ0n) is 10.7. The Labute approximate surface area is 114 Å². The normalized spacial score (nSPS) is 11.9. The number of amides is 1. The maximum absolute atomic E-state index is 13.5. The highest BCUT2D eigenvalue weighted by Crippen LogP contribution is 2.17. The number of hydrogen-bond donors (Lipinski definition) is 1. The second kappa shape index (κ2) is 7.08. The molecule has 0 bridgehead atoms. The van der Waals surface area contributed by atoms with Crippen LogP contribution in [0.4, 0.5) is 10.1 Å². The van der Waals surface area contributed by atoms with Crippen LogP contribution in [0.5, 0.6) is 0 Å². The minimum atomic E-state index is -0.762. The average Bonchev–Trinajstić information content (AvgIpc) is 2.38. The van der Waals surface area contributed by atoms with E-state index in [-0.39, 0.29) is 17.3 Å². The highest BCUT2D eigenvalue weighted by atomic mass is 32.2. The van der Waals surface area contributed by atoms with Crippen molar-refractivity contribution in [2.75, 3.05) is 12.0 Å². The van der Waals surface area contributed by atoms with Gasteiger partial charge in [-0.15, -0.1) is 0 Å². The summed E-state index contributed by atoms with van der Waals surface area (Å²) < 4.78 is 13.5. The van der Waals surface area contributed by atoms with E-state index in [1.165, 1.54) is 0 Å². The molecule has 0 spiro atoms. The molecular weight excluding hydrogens is 271 g/mol. The third kappa shape index (κ3) is 4.20. The predicted octanol–water partition coefficient (Wildman–Crippen LogP) is 2.61. The monoisotopic (exact) mass is 286 g/mol. The Morgan fingerprint density at radius 1 is 1.58 bits per heavy atom. The number of nitro benzene ring substituents is 1. The van der Waals surface area contributed by atoms with Crippen LogP contribution in [0.15, 0.2) is 18.2 Å². The quantitative estimate of drug-likeness (QED) is 0.644. The third-order valence-electron chi connectivity index (χ3n) is 2.60. The Morgan fingerprint density at radius 3 is 2.79 bits per heavy atom. The topological polar surface area (TPSA) is 72.2 Å². The molecule has 1 aromatic rings. The molecule has 0 aliphatic heterocycles. The van der Waals surface area contributed by atoms with Gasteiger partial charge in [0.05, 0.1) is 10.5 Å². The number of non-ortho nitro benzene ring substituents is 1. The molecule has 0 fully saturated rings. The van der Waals surface area contributed by atoms with Gasteiger partial charge >= 0.3 is 0 Å². The standard InChI is InChI=1S/C12H15FN2O3S/c1-3-8(7-19-2)14-12(16)10-6-9(15(17)18)4-5-11(10)13/h4-6,8H,3,7H2,1-2H3,(H,14,16). The van der Waals surface area contributed by atoms with Gasteiger partial charge < -0.3 is 5.32 Å². The fourth-order valence-corrected chi connectivity index (χ4v) is 2.25. The highest BCUT2D eigenvalue weighted by molar-refractivity contribution is 7.98. The van der Waals surface area contributed by atoms with Crippen LogP contribution in [-0.4, -0.2) is 28.9 Å². The first-order chi connectivity index (χ1) is 8.99. The van der Waals surface area contributed by atoms with Crippen molar-refractivity contribution in [2.45, 2.75) is 19.4 Å². The Balaban J connectivity index is 2.92. The molecule has 7 heteroatoms.